The molecule has 8 heteroatoms. The third kappa shape index (κ3) is 3.05. The number of hydrogen-bond acceptors (Lipinski definition) is 6. The Bertz CT molecular complexity index is 788. The number of carbonyl (C=O) groups is 1. The zero-order valence-electron chi connectivity index (χ0n) is 12.9. The van der Waals surface area contributed by atoms with Gasteiger partial charge in [-0.05, 0) is 13.0 Å². The zero-order valence-corrected chi connectivity index (χ0v) is 12.9. The van der Waals surface area contributed by atoms with Gasteiger partial charge in [-0.2, -0.15) is 0 Å². The molecule has 1 aliphatic rings. The Balaban J connectivity index is 1.75. The molecule has 2 heterocycles. The van der Waals surface area contributed by atoms with E-state index >= 15 is 0 Å². The van der Waals surface area contributed by atoms with Crippen LogP contribution >= 0.6 is 0 Å². The molecule has 0 bridgehead atoms. The first kappa shape index (κ1) is 15.1. The maximum Gasteiger partial charge on any atom is 0.410 e. The van der Waals surface area contributed by atoms with Gasteiger partial charge in [-0.15, -0.1) is 0 Å². The first-order chi connectivity index (χ1) is 11.1. The van der Waals surface area contributed by atoms with E-state index in [4.69, 9.17) is 14.2 Å². The summed E-state index contributed by atoms with van der Waals surface area (Å²) in [6, 6.07) is 3.23. The number of aromatic nitrogens is 2. The highest BCUT2D eigenvalue weighted by Crippen LogP contribution is 2.30. The van der Waals surface area contributed by atoms with Gasteiger partial charge in [0.05, 0.1) is 37.4 Å². The second-order valence-electron chi connectivity index (χ2n) is 5.24. The van der Waals surface area contributed by atoms with Gasteiger partial charge in [0.15, 0.2) is 11.5 Å². The lowest BCUT2D eigenvalue weighted by molar-refractivity contribution is 0.135. The van der Waals surface area contributed by atoms with Crippen molar-refractivity contribution in [3.8, 4) is 11.5 Å². The van der Waals surface area contributed by atoms with Crippen LogP contribution in [0.5, 0.6) is 11.5 Å². The average molecular weight is 319 g/mol. The van der Waals surface area contributed by atoms with Gasteiger partial charge in [0.2, 0.25) is 0 Å². The summed E-state index contributed by atoms with van der Waals surface area (Å²) in [6.45, 7) is 3.04. The normalized spacial score (nSPS) is 17.4. The average Bonchev–Trinajstić information content (AvgIpc) is 2.85. The van der Waals surface area contributed by atoms with Gasteiger partial charge >= 0.3 is 6.09 Å². The molecule has 0 spiro atoms. The molecule has 1 atom stereocenters. The molecule has 1 aromatic carbocycles. The molecular formula is C15H17N3O5. The second-order valence-corrected chi connectivity index (χ2v) is 5.24. The van der Waals surface area contributed by atoms with Crippen LogP contribution < -0.4 is 15.0 Å². The second kappa shape index (κ2) is 6.15. The Hall–Kier alpha value is -2.77. The first-order valence-corrected chi connectivity index (χ1v) is 7.22. The molecule has 8 nitrogen and oxygen atoms in total. The fourth-order valence-electron chi connectivity index (χ4n) is 2.47. The number of fused-ring (bicyclic) bond motifs is 1. The van der Waals surface area contributed by atoms with Crippen LogP contribution in [0.3, 0.4) is 0 Å². The minimum atomic E-state index is -0.341. The summed E-state index contributed by atoms with van der Waals surface area (Å²) in [7, 11) is 1.51. The van der Waals surface area contributed by atoms with Gasteiger partial charge in [-0.25, -0.2) is 9.78 Å². The van der Waals surface area contributed by atoms with E-state index < -0.39 is 0 Å². The van der Waals surface area contributed by atoms with Crippen molar-refractivity contribution in [3.63, 3.8) is 0 Å². The smallest absolute Gasteiger partial charge is 0.410 e. The van der Waals surface area contributed by atoms with Crippen molar-refractivity contribution in [1.82, 2.24) is 14.9 Å². The Kier molecular flexibility index (Phi) is 4.05. The van der Waals surface area contributed by atoms with Crippen molar-refractivity contribution in [2.75, 3.05) is 26.8 Å². The predicted molar refractivity (Wildman–Crippen MR) is 81.9 cm³/mol. The van der Waals surface area contributed by atoms with Gasteiger partial charge < -0.3 is 24.1 Å². The lowest BCUT2D eigenvalue weighted by atomic mass is 10.2. The molecule has 0 aliphatic carbocycles. The predicted octanol–water partition coefficient (Wildman–Crippen LogP) is 1.15. The molecule has 1 aromatic heterocycles. The van der Waals surface area contributed by atoms with E-state index in [2.05, 4.69) is 9.97 Å². The molecule has 122 valence electrons. The Morgan fingerprint density at radius 1 is 1.39 bits per heavy atom. The Morgan fingerprint density at radius 3 is 2.91 bits per heavy atom. The molecule has 1 aliphatic heterocycles. The lowest BCUT2D eigenvalue weighted by Crippen LogP contribution is -2.29. The minimum Gasteiger partial charge on any atom is -0.493 e. The molecule has 1 fully saturated rings. The number of nitrogens with one attached hydrogen (secondary N) is 1. The van der Waals surface area contributed by atoms with E-state index in [1.807, 2.05) is 6.92 Å². The monoisotopic (exact) mass is 319 g/mol. The highest BCUT2D eigenvalue weighted by Gasteiger charge is 2.27. The quantitative estimate of drug-likeness (QED) is 0.888. The molecule has 23 heavy (non-hydrogen) atoms. The van der Waals surface area contributed by atoms with Gasteiger partial charge in [0.25, 0.3) is 5.56 Å². The summed E-state index contributed by atoms with van der Waals surface area (Å²) in [5.41, 5.74) is 0.273. The molecule has 1 unspecified atom stereocenters. The van der Waals surface area contributed by atoms with Crippen LogP contribution in [-0.4, -0.2) is 53.9 Å². The lowest BCUT2D eigenvalue weighted by Gasteiger charge is -2.15. The first-order valence-electron chi connectivity index (χ1n) is 7.22. The van der Waals surface area contributed by atoms with Crippen LogP contribution in [0.15, 0.2) is 23.3 Å². The number of hydrogen-bond donors (Lipinski definition) is 1. The number of methoxy groups -OCH3 is 1. The van der Waals surface area contributed by atoms with Crippen LogP contribution in [0.25, 0.3) is 10.9 Å². The van der Waals surface area contributed by atoms with Crippen molar-refractivity contribution in [2.24, 2.45) is 0 Å². The minimum absolute atomic E-state index is 0.109. The third-order valence-electron chi connectivity index (χ3n) is 3.58. The van der Waals surface area contributed by atoms with Gasteiger partial charge in [-0.1, -0.05) is 0 Å². The number of carbonyl (C=O) groups excluding carboxylic acids is 1. The van der Waals surface area contributed by atoms with E-state index in [1.54, 1.807) is 17.0 Å². The fourth-order valence-corrected chi connectivity index (χ4v) is 2.47. The largest absolute Gasteiger partial charge is 0.493 e. The fraction of sp³-hybridized carbons (Fsp3) is 0.400. The highest BCUT2D eigenvalue weighted by atomic mass is 16.6. The number of nitrogens with zero attached hydrogens (tertiary/aromatic N) is 2. The van der Waals surface area contributed by atoms with Gasteiger partial charge in [0, 0.05) is 6.07 Å². The van der Waals surface area contributed by atoms with E-state index in [0.717, 1.165) is 0 Å². The summed E-state index contributed by atoms with van der Waals surface area (Å²) in [6.07, 6.45) is 0.889. The molecule has 1 N–H and O–H groups in total. The summed E-state index contributed by atoms with van der Waals surface area (Å²) >= 11 is 0. The topological polar surface area (TPSA) is 93.8 Å². The molecular weight excluding hydrogens is 302 g/mol. The molecule has 3 rings (SSSR count). The van der Waals surface area contributed by atoms with E-state index in [1.165, 1.54) is 13.4 Å². The van der Waals surface area contributed by atoms with E-state index in [9.17, 15) is 9.59 Å². The van der Waals surface area contributed by atoms with Crippen molar-refractivity contribution >= 4 is 17.0 Å². The number of benzene rings is 1. The van der Waals surface area contributed by atoms with Crippen LogP contribution in [0.4, 0.5) is 4.79 Å². The van der Waals surface area contributed by atoms with Gasteiger partial charge in [-0.3, -0.25) is 4.79 Å². The van der Waals surface area contributed by atoms with E-state index in [0.29, 0.717) is 35.5 Å². The summed E-state index contributed by atoms with van der Waals surface area (Å²) in [4.78, 5) is 31.6. The third-order valence-corrected chi connectivity index (χ3v) is 3.58. The van der Waals surface area contributed by atoms with Gasteiger partial charge in [0.1, 0.15) is 12.7 Å². The molecule has 0 saturated carbocycles. The maximum absolute atomic E-state index is 11.8. The molecule has 1 saturated heterocycles. The Labute approximate surface area is 132 Å². The van der Waals surface area contributed by atoms with Crippen LogP contribution in [-0.2, 0) is 4.74 Å². The highest BCUT2D eigenvalue weighted by molar-refractivity contribution is 5.81. The van der Waals surface area contributed by atoms with Crippen molar-refractivity contribution in [1.29, 1.82) is 0 Å². The number of cyclic esters (lactones) is 1. The number of H-pyrrole nitrogens is 1. The molecule has 1 amide bonds. The number of ether oxygens (including phenoxy) is 3. The van der Waals surface area contributed by atoms with Crippen LogP contribution in [0.2, 0.25) is 0 Å². The maximum atomic E-state index is 11.8. The zero-order chi connectivity index (χ0) is 16.4. The SMILES string of the molecule is COc1cc2nc[nH]c(=O)c2cc1OCCN1CC(C)OC1=O. The summed E-state index contributed by atoms with van der Waals surface area (Å²) in [5.74, 6) is 0.909. The number of aromatic amines is 1. The Morgan fingerprint density at radius 2 is 2.22 bits per heavy atom. The molecule has 2 aromatic rings. The van der Waals surface area contributed by atoms with Crippen LogP contribution in [0.1, 0.15) is 6.92 Å². The van der Waals surface area contributed by atoms with E-state index in [-0.39, 0.29) is 24.4 Å². The van der Waals surface area contributed by atoms with Crippen molar-refractivity contribution in [2.45, 2.75) is 13.0 Å². The summed E-state index contributed by atoms with van der Waals surface area (Å²) < 4.78 is 16.0. The van der Waals surface area contributed by atoms with Crippen molar-refractivity contribution < 1.29 is 19.0 Å². The number of amides is 1. The molecule has 0 radical (unpaired) electrons. The standard InChI is InChI=1S/C15H17N3O5/c1-9-7-18(15(20)23-9)3-4-22-13-5-10-11(6-12(13)21-2)16-8-17-14(10)19/h5-6,8-9H,3-4,7H2,1-2H3,(H,16,17,19). The number of rotatable bonds is 5. The van der Waals surface area contributed by atoms with Crippen molar-refractivity contribution in [3.05, 3.63) is 28.8 Å². The van der Waals surface area contributed by atoms with Crippen LogP contribution in [0, 0.1) is 0 Å². The summed E-state index contributed by atoms with van der Waals surface area (Å²) in [5, 5.41) is 0.414.